The van der Waals surface area contributed by atoms with Crippen molar-refractivity contribution < 1.29 is 24.0 Å². The van der Waals surface area contributed by atoms with Crippen LogP contribution in [0.4, 0.5) is 0 Å². The number of hydrogen-bond acceptors (Lipinski definition) is 6. The third-order valence-corrected chi connectivity index (χ3v) is 2.99. The minimum Gasteiger partial charge on any atom is -0.459 e. The van der Waals surface area contributed by atoms with E-state index in [4.69, 9.17) is 9.57 Å². The molecular formula is C16H19NO5. The monoisotopic (exact) mass is 305 g/mol. The zero-order valence-electron chi connectivity index (χ0n) is 12.9. The van der Waals surface area contributed by atoms with Crippen molar-refractivity contribution in [2.45, 2.75) is 38.8 Å². The first-order valence-corrected chi connectivity index (χ1v) is 7.05. The van der Waals surface area contributed by atoms with Crippen LogP contribution < -0.4 is 0 Å². The average molecular weight is 305 g/mol. The molecule has 0 spiro atoms. The smallest absolute Gasteiger partial charge is 0.357 e. The first-order chi connectivity index (χ1) is 10.3. The Morgan fingerprint density at radius 3 is 2.41 bits per heavy atom. The maximum atomic E-state index is 12.1. The van der Waals surface area contributed by atoms with Gasteiger partial charge in [-0.25, -0.2) is 4.79 Å². The van der Waals surface area contributed by atoms with Crippen molar-refractivity contribution in [1.29, 1.82) is 0 Å². The number of nitrogens with zero attached hydrogens (tertiary/aromatic N) is 1. The molecule has 1 aliphatic heterocycles. The van der Waals surface area contributed by atoms with Crippen molar-refractivity contribution in [3.63, 3.8) is 0 Å². The second kappa shape index (κ2) is 6.27. The molecule has 118 valence electrons. The molecule has 1 heterocycles. The number of rotatable bonds is 3. The van der Waals surface area contributed by atoms with E-state index >= 15 is 0 Å². The number of Topliss-reactive ketones (excluding diaryl/α,β-unsaturated/α-hetero) is 1. The number of hydrogen-bond donors (Lipinski definition) is 0. The summed E-state index contributed by atoms with van der Waals surface area (Å²) in [6, 6.07) is 7.50. The van der Waals surface area contributed by atoms with Crippen LogP contribution in [0.15, 0.2) is 30.3 Å². The highest BCUT2D eigenvalue weighted by molar-refractivity contribution is 5.93. The topological polar surface area (TPSA) is 72.9 Å². The number of hydroxylamine groups is 2. The van der Waals surface area contributed by atoms with Crippen LogP contribution in [0.5, 0.6) is 0 Å². The number of carbonyl (C=O) groups excluding carboxylic acids is 3. The van der Waals surface area contributed by atoms with Crippen LogP contribution in [-0.2, 0) is 19.2 Å². The lowest BCUT2D eigenvalue weighted by Gasteiger charge is -2.25. The molecule has 0 saturated carbocycles. The Morgan fingerprint density at radius 2 is 1.82 bits per heavy atom. The van der Waals surface area contributed by atoms with Crippen LogP contribution in [-0.4, -0.2) is 41.0 Å². The van der Waals surface area contributed by atoms with Gasteiger partial charge in [0.15, 0.2) is 11.8 Å². The Bertz CT molecular complexity index is 576. The van der Waals surface area contributed by atoms with Gasteiger partial charge in [-0.15, -0.1) is 5.06 Å². The highest BCUT2D eigenvalue weighted by Crippen LogP contribution is 2.20. The molecule has 0 unspecified atom stereocenters. The lowest BCUT2D eigenvalue weighted by Crippen LogP contribution is -2.41. The van der Waals surface area contributed by atoms with Crippen LogP contribution in [0, 0.1) is 0 Å². The molecule has 1 fully saturated rings. The highest BCUT2D eigenvalue weighted by Gasteiger charge is 2.41. The number of carbonyl (C=O) groups is 3. The third-order valence-electron chi connectivity index (χ3n) is 2.99. The van der Waals surface area contributed by atoms with Crippen molar-refractivity contribution in [3.8, 4) is 0 Å². The van der Waals surface area contributed by atoms with Gasteiger partial charge in [-0.2, -0.15) is 0 Å². The summed E-state index contributed by atoms with van der Waals surface area (Å²) in [4.78, 5) is 41.0. The van der Waals surface area contributed by atoms with E-state index in [1.54, 1.807) is 51.1 Å². The van der Waals surface area contributed by atoms with E-state index in [1.165, 1.54) is 0 Å². The van der Waals surface area contributed by atoms with Gasteiger partial charge < -0.3 is 9.57 Å². The van der Waals surface area contributed by atoms with E-state index in [1.807, 2.05) is 0 Å². The molecule has 1 atom stereocenters. The zero-order chi connectivity index (χ0) is 16.3. The number of benzene rings is 1. The van der Waals surface area contributed by atoms with Crippen LogP contribution in [0.2, 0.25) is 0 Å². The fraction of sp³-hybridized carbons (Fsp3) is 0.438. The molecule has 0 aromatic heterocycles. The minimum absolute atomic E-state index is 0.0169. The molecule has 1 aromatic carbocycles. The molecule has 0 N–H and O–H groups in total. The van der Waals surface area contributed by atoms with E-state index in [2.05, 4.69) is 0 Å². The van der Waals surface area contributed by atoms with Gasteiger partial charge in [-0.1, -0.05) is 18.2 Å². The lowest BCUT2D eigenvalue weighted by molar-refractivity contribution is -0.178. The summed E-state index contributed by atoms with van der Waals surface area (Å²) in [7, 11) is 0. The largest absolute Gasteiger partial charge is 0.459 e. The average Bonchev–Trinajstić information content (AvgIpc) is 2.79. The summed E-state index contributed by atoms with van der Waals surface area (Å²) >= 11 is 0. The normalized spacial score (nSPS) is 19.0. The van der Waals surface area contributed by atoms with E-state index < -0.39 is 23.6 Å². The molecule has 22 heavy (non-hydrogen) atoms. The van der Waals surface area contributed by atoms with E-state index in [9.17, 15) is 14.4 Å². The predicted molar refractivity (Wildman–Crippen MR) is 77.8 cm³/mol. The molecule has 2 rings (SSSR count). The Kier molecular flexibility index (Phi) is 4.61. The van der Waals surface area contributed by atoms with Gasteiger partial charge in [0, 0.05) is 6.42 Å². The van der Waals surface area contributed by atoms with Gasteiger partial charge in [-0.3, -0.25) is 9.59 Å². The molecule has 0 radical (unpaired) electrons. The standard InChI is InChI=1S/C16H19NO5/c1-16(2,3)21-15(20)13-9-12(18)10-17(13)22-14(19)11-7-5-4-6-8-11/h4-8,13H,9-10H2,1-3H3/t13-/m1/s1. The molecule has 6 heteroatoms. The van der Waals surface area contributed by atoms with Crippen LogP contribution >= 0.6 is 0 Å². The highest BCUT2D eigenvalue weighted by atomic mass is 16.7. The van der Waals surface area contributed by atoms with Crippen LogP contribution in [0.1, 0.15) is 37.6 Å². The van der Waals surface area contributed by atoms with Gasteiger partial charge in [0.25, 0.3) is 0 Å². The summed E-state index contributed by atoms with van der Waals surface area (Å²) in [5.74, 6) is -1.35. The molecule has 6 nitrogen and oxygen atoms in total. The summed E-state index contributed by atoms with van der Waals surface area (Å²) in [6.45, 7) is 5.11. The van der Waals surface area contributed by atoms with E-state index in [0.29, 0.717) is 5.56 Å². The Morgan fingerprint density at radius 1 is 1.18 bits per heavy atom. The van der Waals surface area contributed by atoms with E-state index in [-0.39, 0.29) is 18.7 Å². The van der Waals surface area contributed by atoms with Gasteiger partial charge in [0.2, 0.25) is 0 Å². The summed E-state index contributed by atoms with van der Waals surface area (Å²) in [5, 5.41) is 1.10. The molecule has 0 amide bonds. The molecule has 0 bridgehead atoms. The molecule has 0 aliphatic carbocycles. The minimum atomic E-state index is -0.889. The molecule has 1 aliphatic rings. The van der Waals surface area contributed by atoms with Crippen molar-refractivity contribution in [3.05, 3.63) is 35.9 Å². The molecular weight excluding hydrogens is 286 g/mol. The molecule has 1 aromatic rings. The summed E-state index contributed by atoms with van der Waals surface area (Å²) in [6.07, 6.45) is -0.0169. The number of ether oxygens (including phenoxy) is 1. The quantitative estimate of drug-likeness (QED) is 0.792. The Balaban J connectivity index is 2.06. The van der Waals surface area contributed by atoms with Gasteiger partial charge in [0.05, 0.1) is 12.1 Å². The van der Waals surface area contributed by atoms with Gasteiger partial charge >= 0.3 is 11.9 Å². The maximum Gasteiger partial charge on any atom is 0.357 e. The van der Waals surface area contributed by atoms with Crippen molar-refractivity contribution >= 4 is 17.7 Å². The summed E-state index contributed by atoms with van der Waals surface area (Å²) in [5.41, 5.74) is -0.317. The summed E-state index contributed by atoms with van der Waals surface area (Å²) < 4.78 is 5.26. The molecule has 1 saturated heterocycles. The number of esters is 1. The lowest BCUT2D eigenvalue weighted by atomic mass is 10.1. The van der Waals surface area contributed by atoms with Crippen molar-refractivity contribution in [2.24, 2.45) is 0 Å². The second-order valence-corrected chi connectivity index (χ2v) is 6.11. The first kappa shape index (κ1) is 16.2. The first-order valence-electron chi connectivity index (χ1n) is 7.05. The fourth-order valence-electron chi connectivity index (χ4n) is 2.07. The third kappa shape index (κ3) is 4.14. The van der Waals surface area contributed by atoms with Gasteiger partial charge in [0.1, 0.15) is 5.60 Å². The van der Waals surface area contributed by atoms with Crippen molar-refractivity contribution in [1.82, 2.24) is 5.06 Å². The van der Waals surface area contributed by atoms with E-state index in [0.717, 1.165) is 5.06 Å². The Labute approximate surface area is 129 Å². The van der Waals surface area contributed by atoms with Crippen LogP contribution in [0.25, 0.3) is 0 Å². The SMILES string of the molecule is CC(C)(C)OC(=O)[C@H]1CC(=O)CN1OC(=O)c1ccccc1. The number of ketones is 1. The van der Waals surface area contributed by atoms with Gasteiger partial charge in [-0.05, 0) is 32.9 Å². The van der Waals surface area contributed by atoms with Crippen LogP contribution in [0.3, 0.4) is 0 Å². The fourth-order valence-corrected chi connectivity index (χ4v) is 2.07. The maximum absolute atomic E-state index is 12.1. The van der Waals surface area contributed by atoms with Crippen molar-refractivity contribution in [2.75, 3.05) is 6.54 Å². The predicted octanol–water partition coefficient (Wildman–Crippen LogP) is 1.74. The zero-order valence-corrected chi connectivity index (χ0v) is 12.9. The Hall–Kier alpha value is -2.21. The second-order valence-electron chi connectivity index (χ2n) is 6.11.